The molecule has 0 amide bonds. The van der Waals surface area contributed by atoms with Crippen molar-refractivity contribution in [1.82, 2.24) is 0 Å². The van der Waals surface area contributed by atoms with Crippen LogP contribution in [-0.2, 0) is 6.42 Å². The van der Waals surface area contributed by atoms with Crippen molar-refractivity contribution in [3.05, 3.63) is 42.0 Å². The Morgan fingerprint density at radius 1 is 1.13 bits per heavy atom. The van der Waals surface area contributed by atoms with Crippen LogP contribution in [0, 0.1) is 5.92 Å². The smallest absolute Gasteiger partial charge is 0.0452 e. The standard InChI is InChI=1S/C14H15N/c1-10-8-12-7-6-11-4-2-3-5-13(11)14(12)15-9-10/h2-7,10,15H,8-9H2,1H3. The van der Waals surface area contributed by atoms with Gasteiger partial charge in [-0.3, -0.25) is 0 Å². The predicted molar refractivity (Wildman–Crippen MR) is 65.3 cm³/mol. The Balaban J connectivity index is 2.25. The summed E-state index contributed by atoms with van der Waals surface area (Å²) in [6.07, 6.45) is 1.20. The molecule has 0 saturated heterocycles. The molecule has 1 atom stereocenters. The number of benzene rings is 2. The van der Waals surface area contributed by atoms with E-state index in [-0.39, 0.29) is 0 Å². The van der Waals surface area contributed by atoms with Gasteiger partial charge in [-0.2, -0.15) is 0 Å². The second-order valence-corrected chi connectivity index (χ2v) is 4.51. The molecule has 1 heteroatoms. The van der Waals surface area contributed by atoms with Crippen LogP contribution in [0.4, 0.5) is 5.69 Å². The van der Waals surface area contributed by atoms with Gasteiger partial charge in [-0.15, -0.1) is 0 Å². The van der Waals surface area contributed by atoms with Crippen molar-refractivity contribution in [2.75, 3.05) is 11.9 Å². The van der Waals surface area contributed by atoms with Gasteiger partial charge >= 0.3 is 0 Å². The fourth-order valence-corrected chi connectivity index (χ4v) is 2.42. The van der Waals surface area contributed by atoms with E-state index in [0.717, 1.165) is 12.5 Å². The van der Waals surface area contributed by atoms with Gasteiger partial charge in [0.25, 0.3) is 0 Å². The molecule has 1 N–H and O–H groups in total. The largest absolute Gasteiger partial charge is 0.384 e. The number of hydrogen-bond acceptors (Lipinski definition) is 1. The number of anilines is 1. The zero-order chi connectivity index (χ0) is 10.3. The molecule has 0 aromatic heterocycles. The Bertz CT molecular complexity index is 502. The van der Waals surface area contributed by atoms with Crippen molar-refractivity contribution in [3.63, 3.8) is 0 Å². The monoisotopic (exact) mass is 197 g/mol. The molecule has 0 saturated carbocycles. The van der Waals surface area contributed by atoms with Crippen molar-refractivity contribution in [2.24, 2.45) is 5.92 Å². The number of hydrogen-bond donors (Lipinski definition) is 1. The van der Waals surface area contributed by atoms with E-state index in [1.807, 2.05) is 0 Å². The van der Waals surface area contributed by atoms with E-state index in [1.165, 1.54) is 28.4 Å². The topological polar surface area (TPSA) is 12.0 Å². The first kappa shape index (κ1) is 8.78. The molecule has 76 valence electrons. The molecule has 3 rings (SSSR count). The van der Waals surface area contributed by atoms with Crippen molar-refractivity contribution in [1.29, 1.82) is 0 Å². The first-order valence-corrected chi connectivity index (χ1v) is 5.59. The molecule has 15 heavy (non-hydrogen) atoms. The van der Waals surface area contributed by atoms with Gasteiger partial charge in [-0.1, -0.05) is 43.3 Å². The van der Waals surface area contributed by atoms with Crippen molar-refractivity contribution >= 4 is 16.5 Å². The van der Waals surface area contributed by atoms with Crippen LogP contribution in [0.3, 0.4) is 0 Å². The zero-order valence-electron chi connectivity index (χ0n) is 8.96. The molecule has 0 aliphatic carbocycles. The highest BCUT2D eigenvalue weighted by Gasteiger charge is 2.15. The highest BCUT2D eigenvalue weighted by molar-refractivity contribution is 5.95. The van der Waals surface area contributed by atoms with Gasteiger partial charge in [0.1, 0.15) is 0 Å². The van der Waals surface area contributed by atoms with Gasteiger partial charge in [0.05, 0.1) is 0 Å². The Labute approximate surface area is 90.1 Å². The van der Waals surface area contributed by atoms with Gasteiger partial charge in [0, 0.05) is 17.6 Å². The Kier molecular flexibility index (Phi) is 1.91. The van der Waals surface area contributed by atoms with Crippen LogP contribution in [0.25, 0.3) is 10.8 Å². The summed E-state index contributed by atoms with van der Waals surface area (Å²) in [5.41, 5.74) is 2.82. The first-order valence-electron chi connectivity index (χ1n) is 5.59. The SMILES string of the molecule is CC1CNc2c(ccc3ccccc23)C1. The van der Waals surface area contributed by atoms with Gasteiger partial charge in [-0.05, 0) is 23.3 Å². The quantitative estimate of drug-likeness (QED) is 0.682. The molecule has 1 heterocycles. The third-order valence-corrected chi connectivity index (χ3v) is 3.21. The van der Waals surface area contributed by atoms with Crippen molar-refractivity contribution in [2.45, 2.75) is 13.3 Å². The molecule has 0 bridgehead atoms. The summed E-state index contributed by atoms with van der Waals surface area (Å²) in [5.74, 6) is 0.749. The molecule has 2 aromatic carbocycles. The van der Waals surface area contributed by atoms with E-state index in [2.05, 4.69) is 48.6 Å². The summed E-state index contributed by atoms with van der Waals surface area (Å²) >= 11 is 0. The summed E-state index contributed by atoms with van der Waals surface area (Å²) in [4.78, 5) is 0. The normalized spacial score (nSPS) is 19.7. The minimum atomic E-state index is 0.749. The average molecular weight is 197 g/mol. The van der Waals surface area contributed by atoms with Crippen LogP contribution in [0.1, 0.15) is 12.5 Å². The van der Waals surface area contributed by atoms with E-state index in [1.54, 1.807) is 0 Å². The lowest BCUT2D eigenvalue weighted by atomic mass is 9.92. The first-order chi connectivity index (χ1) is 7.34. The van der Waals surface area contributed by atoms with Crippen LogP contribution in [0.5, 0.6) is 0 Å². The highest BCUT2D eigenvalue weighted by Crippen LogP contribution is 2.32. The number of rotatable bonds is 0. The lowest BCUT2D eigenvalue weighted by Gasteiger charge is -2.24. The maximum atomic E-state index is 3.56. The second-order valence-electron chi connectivity index (χ2n) is 4.51. The maximum Gasteiger partial charge on any atom is 0.0452 e. The summed E-state index contributed by atoms with van der Waals surface area (Å²) in [5, 5.41) is 6.25. The van der Waals surface area contributed by atoms with Gasteiger partial charge in [0.15, 0.2) is 0 Å². The molecular weight excluding hydrogens is 182 g/mol. The molecule has 1 unspecified atom stereocenters. The van der Waals surface area contributed by atoms with Gasteiger partial charge in [0.2, 0.25) is 0 Å². The molecule has 1 aliphatic rings. The number of fused-ring (bicyclic) bond motifs is 3. The molecule has 0 radical (unpaired) electrons. The fourth-order valence-electron chi connectivity index (χ4n) is 2.42. The maximum absolute atomic E-state index is 3.56. The minimum Gasteiger partial charge on any atom is -0.384 e. The van der Waals surface area contributed by atoms with E-state index >= 15 is 0 Å². The third kappa shape index (κ3) is 1.39. The summed E-state index contributed by atoms with van der Waals surface area (Å²) in [6.45, 7) is 3.39. The van der Waals surface area contributed by atoms with E-state index < -0.39 is 0 Å². The Hall–Kier alpha value is -1.50. The average Bonchev–Trinajstić information content (AvgIpc) is 2.28. The molecular formula is C14H15N. The van der Waals surface area contributed by atoms with Crippen LogP contribution in [0.2, 0.25) is 0 Å². The molecule has 1 aliphatic heterocycles. The summed E-state index contributed by atoms with van der Waals surface area (Å²) in [7, 11) is 0. The van der Waals surface area contributed by atoms with Crippen molar-refractivity contribution in [3.8, 4) is 0 Å². The molecule has 2 aromatic rings. The summed E-state index contributed by atoms with van der Waals surface area (Å²) < 4.78 is 0. The fraction of sp³-hybridized carbons (Fsp3) is 0.286. The lowest BCUT2D eigenvalue weighted by Crippen LogP contribution is -2.20. The van der Waals surface area contributed by atoms with Crippen LogP contribution >= 0.6 is 0 Å². The van der Waals surface area contributed by atoms with Crippen molar-refractivity contribution < 1.29 is 0 Å². The van der Waals surface area contributed by atoms with Crippen LogP contribution in [0.15, 0.2) is 36.4 Å². The molecule has 0 spiro atoms. The second kappa shape index (κ2) is 3.27. The van der Waals surface area contributed by atoms with E-state index in [4.69, 9.17) is 0 Å². The molecule has 0 fully saturated rings. The zero-order valence-corrected chi connectivity index (χ0v) is 8.96. The Morgan fingerprint density at radius 2 is 2.00 bits per heavy atom. The van der Waals surface area contributed by atoms with E-state index in [0.29, 0.717) is 0 Å². The Morgan fingerprint density at radius 3 is 2.93 bits per heavy atom. The third-order valence-electron chi connectivity index (χ3n) is 3.21. The van der Waals surface area contributed by atoms with Gasteiger partial charge in [-0.25, -0.2) is 0 Å². The predicted octanol–water partition coefficient (Wildman–Crippen LogP) is 3.44. The van der Waals surface area contributed by atoms with Crippen LogP contribution in [-0.4, -0.2) is 6.54 Å². The summed E-state index contributed by atoms with van der Waals surface area (Å²) in [6, 6.07) is 13.1. The molecule has 1 nitrogen and oxygen atoms in total. The van der Waals surface area contributed by atoms with Crippen LogP contribution < -0.4 is 5.32 Å². The van der Waals surface area contributed by atoms with E-state index in [9.17, 15) is 0 Å². The highest BCUT2D eigenvalue weighted by atomic mass is 14.9. The minimum absolute atomic E-state index is 0.749. The number of nitrogens with one attached hydrogen (secondary N) is 1. The lowest BCUT2D eigenvalue weighted by molar-refractivity contribution is 0.596. The van der Waals surface area contributed by atoms with Gasteiger partial charge < -0.3 is 5.32 Å².